The molecule has 260 valence electrons. The fraction of sp³-hybridized carbons (Fsp3) is 0.405. The minimum absolute atomic E-state index is 0.0465. The molecule has 0 saturated carbocycles. The number of carboxylic acid groups (broad SMARTS) is 1. The van der Waals surface area contributed by atoms with Crippen molar-refractivity contribution in [2.45, 2.75) is 78.1 Å². The number of hydrogen-bond donors (Lipinski definition) is 2. The van der Waals surface area contributed by atoms with E-state index in [9.17, 15) is 18.7 Å². The van der Waals surface area contributed by atoms with Gasteiger partial charge in [-0.15, -0.1) is 0 Å². The van der Waals surface area contributed by atoms with Crippen LogP contribution < -0.4 is 4.74 Å². The second kappa shape index (κ2) is 15.0. The number of hydrogen-bond acceptors (Lipinski definition) is 7. The first-order valence-corrected chi connectivity index (χ1v) is 17.7. The summed E-state index contributed by atoms with van der Waals surface area (Å²) >= 11 is -2.31. The highest BCUT2D eigenvalue weighted by Crippen LogP contribution is 2.40. The van der Waals surface area contributed by atoms with Gasteiger partial charge in [-0.1, -0.05) is 69.0 Å². The topological polar surface area (TPSA) is 146 Å². The van der Waals surface area contributed by atoms with Crippen LogP contribution >= 0.6 is 0 Å². The molecule has 2 aromatic carbocycles. The second-order valence-corrected chi connectivity index (χ2v) is 14.6. The number of carboxylic acids is 1. The number of nitrogens with zero attached hydrogens (tertiary/aromatic N) is 4. The number of rotatable bonds is 16. The highest BCUT2D eigenvalue weighted by Gasteiger charge is 2.35. The van der Waals surface area contributed by atoms with Crippen LogP contribution in [0.3, 0.4) is 0 Å². The average molecular weight is 689 g/mol. The van der Waals surface area contributed by atoms with Crippen molar-refractivity contribution in [2.75, 3.05) is 5.75 Å². The first kappa shape index (κ1) is 35.9. The van der Waals surface area contributed by atoms with Gasteiger partial charge in [0.05, 0.1) is 11.6 Å². The highest BCUT2D eigenvalue weighted by atomic mass is 32.2. The van der Waals surface area contributed by atoms with Crippen molar-refractivity contribution in [1.82, 2.24) is 24.7 Å². The van der Waals surface area contributed by atoms with Crippen molar-refractivity contribution < 1.29 is 27.8 Å². The van der Waals surface area contributed by atoms with Gasteiger partial charge < -0.3 is 19.4 Å². The van der Waals surface area contributed by atoms with Crippen LogP contribution in [0.2, 0.25) is 0 Å². The summed E-state index contributed by atoms with van der Waals surface area (Å²) in [5, 5.41) is 14.9. The predicted molar refractivity (Wildman–Crippen MR) is 187 cm³/mol. The van der Waals surface area contributed by atoms with Gasteiger partial charge in [-0.25, -0.2) is 14.1 Å². The van der Waals surface area contributed by atoms with E-state index in [0.29, 0.717) is 40.1 Å². The van der Waals surface area contributed by atoms with E-state index in [1.807, 2.05) is 19.2 Å². The third-order valence-electron chi connectivity index (χ3n) is 9.51. The smallest absolute Gasteiger partial charge is 0.303 e. The number of ether oxygens (including phenoxy) is 1. The third-order valence-corrected chi connectivity index (χ3v) is 10.0. The van der Waals surface area contributed by atoms with Gasteiger partial charge in [-0.2, -0.15) is 5.10 Å². The molecule has 3 heterocycles. The Hall–Kier alpha value is -4.42. The zero-order chi connectivity index (χ0) is 35.3. The van der Waals surface area contributed by atoms with Gasteiger partial charge >= 0.3 is 5.97 Å². The Balaban J connectivity index is 1.50. The monoisotopic (exact) mass is 688 g/mol. The molecule has 0 fully saturated rings. The molecule has 10 nitrogen and oxygen atoms in total. The molecule has 0 aliphatic heterocycles. The molecule has 0 spiro atoms. The molecule has 5 aromatic rings. The Morgan fingerprint density at radius 1 is 1.12 bits per heavy atom. The van der Waals surface area contributed by atoms with Crippen LogP contribution in [0.5, 0.6) is 11.5 Å². The summed E-state index contributed by atoms with van der Waals surface area (Å²) in [4.78, 5) is 23.7. The summed E-state index contributed by atoms with van der Waals surface area (Å²) in [6, 6.07) is 12.8. The second-order valence-electron chi connectivity index (χ2n) is 13.6. The number of aliphatic carboxylic acids is 1. The number of carbonyl (C=O) groups is 1. The van der Waals surface area contributed by atoms with E-state index in [4.69, 9.17) is 14.8 Å². The number of H-pyrrole nitrogens is 1. The van der Waals surface area contributed by atoms with Crippen molar-refractivity contribution in [3.63, 3.8) is 0 Å². The summed E-state index contributed by atoms with van der Waals surface area (Å²) in [6.45, 7) is 8.87. The lowest BCUT2D eigenvalue weighted by atomic mass is 9.74. The molecule has 0 bridgehead atoms. The van der Waals surface area contributed by atoms with Crippen LogP contribution in [-0.2, 0) is 41.2 Å². The summed E-state index contributed by atoms with van der Waals surface area (Å²) < 4.78 is 46.0. The third kappa shape index (κ3) is 8.42. The quantitative estimate of drug-likeness (QED) is 0.101. The van der Waals surface area contributed by atoms with E-state index in [0.717, 1.165) is 36.8 Å². The van der Waals surface area contributed by atoms with Gasteiger partial charge in [0.2, 0.25) is 0 Å². The predicted octanol–water partition coefficient (Wildman–Crippen LogP) is 7.64. The SMILES string of the molecule is CCC(C)(C)CCC[C@](C)(c1cccc(CCC(=O)O)c1)c1nc(-c2cncc(Oc3c(F)cc4[nH]ccc4c3CCS(=O)[O-])c2)n(C)n1. The number of aromatic nitrogens is 5. The van der Waals surface area contributed by atoms with Gasteiger partial charge in [-0.3, -0.25) is 14.0 Å². The highest BCUT2D eigenvalue weighted by molar-refractivity contribution is 7.79. The molecular formula is C37H43FN5O5S-. The maximum atomic E-state index is 15.4. The standard InChI is InChI=1S/C37H44FN5O5S/c1-6-36(2,3)15-8-16-37(4,26-10-7-9-24(19-26)11-12-32(44)45)35-41-34(43(5)42-35)25-20-27(23-39-22-25)48-33-29(14-18-49(46)47)28-13-17-40-31(28)21-30(33)38/h7,9-10,13,17,19-23,40H,6,8,11-12,14-16,18H2,1-5H3,(H,44,45)(H,46,47)/p-1/t37-/m1/s1. The van der Waals surface area contributed by atoms with E-state index in [2.05, 4.69) is 49.8 Å². The Morgan fingerprint density at radius 2 is 1.92 bits per heavy atom. The van der Waals surface area contributed by atoms with E-state index in [1.165, 1.54) is 12.3 Å². The molecule has 2 atom stereocenters. The molecule has 0 amide bonds. The molecule has 2 N–H and O–H groups in total. The lowest BCUT2D eigenvalue weighted by Gasteiger charge is -2.30. The molecule has 0 saturated heterocycles. The Labute approximate surface area is 288 Å². The van der Waals surface area contributed by atoms with Gasteiger partial charge in [0, 0.05) is 59.7 Å². The zero-order valence-electron chi connectivity index (χ0n) is 28.6. The van der Waals surface area contributed by atoms with Gasteiger partial charge in [0.1, 0.15) is 5.75 Å². The van der Waals surface area contributed by atoms with Crippen molar-refractivity contribution in [2.24, 2.45) is 12.5 Å². The Bertz CT molecular complexity index is 1970. The first-order chi connectivity index (χ1) is 23.3. The van der Waals surface area contributed by atoms with E-state index in [1.54, 1.807) is 29.2 Å². The lowest BCUT2D eigenvalue weighted by molar-refractivity contribution is -0.136. The van der Waals surface area contributed by atoms with Gasteiger partial charge in [0.15, 0.2) is 23.2 Å². The molecule has 49 heavy (non-hydrogen) atoms. The van der Waals surface area contributed by atoms with Gasteiger partial charge in [0.25, 0.3) is 0 Å². The van der Waals surface area contributed by atoms with Crippen molar-refractivity contribution >= 4 is 28.0 Å². The molecule has 0 aliphatic rings. The van der Waals surface area contributed by atoms with Crippen molar-refractivity contribution in [1.29, 1.82) is 0 Å². The summed E-state index contributed by atoms with van der Waals surface area (Å²) in [5.74, 6) is -0.278. The molecule has 12 heteroatoms. The molecule has 0 aliphatic carbocycles. The fourth-order valence-corrected chi connectivity index (χ4v) is 6.53. The van der Waals surface area contributed by atoms with E-state index in [-0.39, 0.29) is 35.5 Å². The summed E-state index contributed by atoms with van der Waals surface area (Å²) in [6.07, 6.45) is 9.14. The normalized spacial score (nSPS) is 13.8. The van der Waals surface area contributed by atoms with Crippen LogP contribution in [-0.4, -0.2) is 50.3 Å². The molecule has 5 rings (SSSR count). The van der Waals surface area contributed by atoms with Crippen LogP contribution in [0.25, 0.3) is 22.3 Å². The first-order valence-electron chi connectivity index (χ1n) is 16.5. The van der Waals surface area contributed by atoms with Crippen LogP contribution in [0.4, 0.5) is 4.39 Å². The number of fused-ring (bicyclic) bond motifs is 1. The largest absolute Gasteiger partial charge is 0.772 e. The molecule has 3 aromatic heterocycles. The van der Waals surface area contributed by atoms with E-state index < -0.39 is 28.3 Å². The molecular weight excluding hydrogens is 646 g/mol. The number of pyridine rings is 1. The van der Waals surface area contributed by atoms with Crippen molar-refractivity contribution in [3.8, 4) is 22.9 Å². The number of aryl methyl sites for hydroxylation is 3. The van der Waals surface area contributed by atoms with Crippen LogP contribution in [0.1, 0.15) is 82.3 Å². The lowest BCUT2D eigenvalue weighted by Crippen LogP contribution is -2.27. The Morgan fingerprint density at radius 3 is 2.65 bits per heavy atom. The van der Waals surface area contributed by atoms with Gasteiger partial charge in [-0.05, 0) is 61.3 Å². The summed E-state index contributed by atoms with van der Waals surface area (Å²) in [5.41, 5.74) is 3.16. The Kier molecular flexibility index (Phi) is 11.0. The minimum Gasteiger partial charge on any atom is -0.772 e. The van der Waals surface area contributed by atoms with E-state index >= 15 is 4.39 Å². The van der Waals surface area contributed by atoms with Crippen LogP contribution in [0.15, 0.2) is 61.1 Å². The summed E-state index contributed by atoms with van der Waals surface area (Å²) in [7, 11) is 1.81. The number of benzene rings is 2. The maximum Gasteiger partial charge on any atom is 0.303 e. The number of aromatic amines is 1. The fourth-order valence-electron chi connectivity index (χ4n) is 6.16. The number of halogens is 1. The van der Waals surface area contributed by atoms with Crippen LogP contribution in [0, 0.1) is 11.2 Å². The molecule has 0 radical (unpaired) electrons. The molecule has 1 unspecified atom stereocenters. The number of nitrogens with one attached hydrogen (secondary N) is 1. The minimum atomic E-state index is -2.31. The average Bonchev–Trinajstić information content (AvgIpc) is 3.70. The zero-order valence-corrected chi connectivity index (χ0v) is 29.4. The maximum absolute atomic E-state index is 15.4. The van der Waals surface area contributed by atoms with Crippen molar-refractivity contribution in [3.05, 3.63) is 89.4 Å².